The first-order valence-corrected chi connectivity index (χ1v) is 7.75. The minimum atomic E-state index is 0.0232. The number of unbranched alkanes of at least 4 members (excludes halogenated alkanes) is 1. The lowest BCUT2D eigenvalue weighted by atomic mass is 10.2. The van der Waals surface area contributed by atoms with Crippen molar-refractivity contribution in [3.8, 4) is 0 Å². The molecule has 4 nitrogen and oxygen atoms in total. The summed E-state index contributed by atoms with van der Waals surface area (Å²) in [6, 6.07) is 9.32. The van der Waals surface area contributed by atoms with E-state index in [0.717, 1.165) is 24.1 Å². The summed E-state index contributed by atoms with van der Waals surface area (Å²) in [6.07, 6.45) is 4.09. The van der Waals surface area contributed by atoms with Gasteiger partial charge < -0.3 is 10.6 Å². The lowest BCUT2D eigenvalue weighted by Crippen LogP contribution is -2.11. The third-order valence-corrected chi connectivity index (χ3v) is 3.50. The van der Waals surface area contributed by atoms with Crippen LogP contribution in [-0.4, -0.2) is 10.9 Å². The molecule has 0 aliphatic rings. The molecule has 0 unspecified atom stereocenters. The van der Waals surface area contributed by atoms with Gasteiger partial charge >= 0.3 is 0 Å². The molecule has 2 N–H and O–H groups in total. The first kappa shape index (κ1) is 16.3. The highest BCUT2D eigenvalue weighted by Crippen LogP contribution is 2.23. The number of halogens is 1. The Morgan fingerprint density at radius 1 is 1.27 bits per heavy atom. The van der Waals surface area contributed by atoms with Gasteiger partial charge in [0.15, 0.2) is 0 Å². The molecule has 0 aliphatic heterocycles. The molecule has 0 fully saturated rings. The number of amides is 1. The van der Waals surface area contributed by atoms with Crippen LogP contribution in [0, 0.1) is 6.92 Å². The lowest BCUT2D eigenvalue weighted by Gasteiger charge is -2.10. The number of pyridine rings is 1. The van der Waals surface area contributed by atoms with Gasteiger partial charge in [-0.05, 0) is 43.2 Å². The molecule has 0 radical (unpaired) electrons. The largest absolute Gasteiger partial charge is 0.340 e. The number of carbonyl (C=O) groups excluding carboxylic acids is 1. The van der Waals surface area contributed by atoms with Crippen molar-refractivity contribution in [1.82, 2.24) is 4.98 Å². The molecule has 1 aromatic carbocycles. The molecule has 1 heterocycles. The Bertz CT molecular complexity index is 641. The van der Waals surface area contributed by atoms with Crippen LogP contribution >= 0.6 is 11.6 Å². The van der Waals surface area contributed by atoms with Crippen molar-refractivity contribution < 1.29 is 4.79 Å². The summed E-state index contributed by atoms with van der Waals surface area (Å²) in [4.78, 5) is 16.0. The predicted molar refractivity (Wildman–Crippen MR) is 91.9 cm³/mol. The number of aromatic nitrogens is 1. The van der Waals surface area contributed by atoms with Crippen molar-refractivity contribution in [3.63, 3.8) is 0 Å². The number of hydrogen-bond acceptors (Lipinski definition) is 3. The normalized spacial score (nSPS) is 10.3. The van der Waals surface area contributed by atoms with E-state index in [2.05, 4.69) is 22.5 Å². The third-order valence-electron chi connectivity index (χ3n) is 3.27. The van der Waals surface area contributed by atoms with E-state index < -0.39 is 0 Å². The molecule has 0 aliphatic carbocycles. The molecular weight excluding hydrogens is 298 g/mol. The van der Waals surface area contributed by atoms with Gasteiger partial charge in [0.05, 0.1) is 11.9 Å². The maximum absolute atomic E-state index is 11.7. The Morgan fingerprint density at radius 2 is 2.09 bits per heavy atom. The van der Waals surface area contributed by atoms with Crippen LogP contribution in [0.3, 0.4) is 0 Å². The number of rotatable bonds is 6. The Balaban J connectivity index is 2.00. The fourth-order valence-electron chi connectivity index (χ4n) is 1.97. The van der Waals surface area contributed by atoms with Gasteiger partial charge in [0, 0.05) is 17.1 Å². The second-order valence-corrected chi connectivity index (χ2v) is 5.60. The number of carbonyl (C=O) groups is 1. The monoisotopic (exact) mass is 317 g/mol. The van der Waals surface area contributed by atoms with Crippen LogP contribution in [0.1, 0.15) is 31.7 Å². The number of benzene rings is 1. The van der Waals surface area contributed by atoms with Crippen molar-refractivity contribution in [2.24, 2.45) is 0 Å². The summed E-state index contributed by atoms with van der Waals surface area (Å²) in [5.41, 5.74) is 2.71. The molecule has 0 saturated carbocycles. The molecule has 2 rings (SSSR count). The van der Waals surface area contributed by atoms with E-state index >= 15 is 0 Å². The average Bonchev–Trinajstić information content (AvgIpc) is 2.51. The minimum absolute atomic E-state index is 0.0232. The molecule has 0 bridgehead atoms. The van der Waals surface area contributed by atoms with E-state index in [1.807, 2.05) is 37.3 Å². The summed E-state index contributed by atoms with van der Waals surface area (Å²) >= 11 is 6.00. The number of anilines is 3. The van der Waals surface area contributed by atoms with Crippen LogP contribution in [0.4, 0.5) is 17.2 Å². The Kier molecular flexibility index (Phi) is 5.78. The highest BCUT2D eigenvalue weighted by atomic mass is 35.5. The summed E-state index contributed by atoms with van der Waals surface area (Å²) < 4.78 is 0. The van der Waals surface area contributed by atoms with Crippen molar-refractivity contribution in [2.45, 2.75) is 33.1 Å². The van der Waals surface area contributed by atoms with Crippen molar-refractivity contribution in [2.75, 3.05) is 10.6 Å². The predicted octanol–water partition coefficient (Wildman–Crippen LogP) is 4.92. The molecule has 2 aromatic rings. The maximum atomic E-state index is 11.7. The van der Waals surface area contributed by atoms with Crippen molar-refractivity contribution in [3.05, 3.63) is 47.1 Å². The molecule has 0 spiro atoms. The highest BCUT2D eigenvalue weighted by molar-refractivity contribution is 6.30. The topological polar surface area (TPSA) is 54.0 Å². The van der Waals surface area contributed by atoms with Crippen LogP contribution in [0.5, 0.6) is 0 Å². The summed E-state index contributed by atoms with van der Waals surface area (Å²) in [5.74, 6) is 0.729. The molecule has 0 saturated heterocycles. The minimum Gasteiger partial charge on any atom is -0.340 e. The third kappa shape index (κ3) is 4.74. The maximum Gasteiger partial charge on any atom is 0.224 e. The van der Waals surface area contributed by atoms with Gasteiger partial charge in [-0.1, -0.05) is 31.0 Å². The van der Waals surface area contributed by atoms with Crippen LogP contribution in [0.2, 0.25) is 5.02 Å². The zero-order valence-electron chi connectivity index (χ0n) is 12.8. The van der Waals surface area contributed by atoms with Crippen molar-refractivity contribution in [1.29, 1.82) is 0 Å². The molecule has 5 heteroatoms. The quantitative estimate of drug-likeness (QED) is 0.795. The van der Waals surface area contributed by atoms with Gasteiger partial charge in [0.25, 0.3) is 0 Å². The van der Waals surface area contributed by atoms with Crippen LogP contribution < -0.4 is 10.6 Å². The number of hydrogen-bond donors (Lipinski definition) is 2. The van der Waals surface area contributed by atoms with E-state index in [4.69, 9.17) is 11.6 Å². The van der Waals surface area contributed by atoms with Crippen LogP contribution in [-0.2, 0) is 4.79 Å². The lowest BCUT2D eigenvalue weighted by molar-refractivity contribution is -0.116. The van der Waals surface area contributed by atoms with Crippen molar-refractivity contribution >= 4 is 34.7 Å². The second kappa shape index (κ2) is 7.80. The van der Waals surface area contributed by atoms with E-state index in [0.29, 0.717) is 22.9 Å². The first-order valence-electron chi connectivity index (χ1n) is 7.37. The summed E-state index contributed by atoms with van der Waals surface area (Å²) in [6.45, 7) is 4.06. The highest BCUT2D eigenvalue weighted by Gasteiger charge is 2.04. The molecule has 1 amide bonds. The fourth-order valence-corrected chi connectivity index (χ4v) is 2.14. The number of nitrogens with zero attached hydrogens (tertiary/aromatic N) is 1. The van der Waals surface area contributed by atoms with Gasteiger partial charge in [-0.25, -0.2) is 4.98 Å². The second-order valence-electron chi connectivity index (χ2n) is 5.17. The fraction of sp³-hybridized carbons (Fsp3) is 0.294. The Labute approximate surface area is 135 Å². The smallest absolute Gasteiger partial charge is 0.224 e. The van der Waals surface area contributed by atoms with Gasteiger partial charge in [-0.2, -0.15) is 0 Å². The molecule has 1 aromatic heterocycles. The van der Waals surface area contributed by atoms with E-state index in [1.54, 1.807) is 6.20 Å². The molecule has 22 heavy (non-hydrogen) atoms. The first-order chi connectivity index (χ1) is 10.6. The number of aryl methyl sites for hydroxylation is 1. The number of nitrogens with one attached hydrogen (secondary N) is 2. The summed E-state index contributed by atoms with van der Waals surface area (Å²) in [5, 5.41) is 6.73. The molecular formula is C17H20ClN3O. The SMILES string of the molecule is CCCCC(=O)Nc1ccc(Nc2cc(Cl)ccc2C)nc1. The Morgan fingerprint density at radius 3 is 2.77 bits per heavy atom. The zero-order valence-corrected chi connectivity index (χ0v) is 13.6. The van der Waals surface area contributed by atoms with E-state index in [-0.39, 0.29) is 5.91 Å². The average molecular weight is 318 g/mol. The standard InChI is InChI=1S/C17H20ClN3O/c1-3-4-5-17(22)20-14-8-9-16(19-11-14)21-15-10-13(18)7-6-12(15)2/h6-11H,3-5H2,1-2H3,(H,19,21)(H,20,22). The van der Waals surface area contributed by atoms with Crippen LogP contribution in [0.15, 0.2) is 36.5 Å². The molecule has 0 atom stereocenters. The van der Waals surface area contributed by atoms with Crippen LogP contribution in [0.25, 0.3) is 0 Å². The summed E-state index contributed by atoms with van der Waals surface area (Å²) in [7, 11) is 0. The van der Waals surface area contributed by atoms with Gasteiger partial charge in [0.2, 0.25) is 5.91 Å². The van der Waals surface area contributed by atoms with E-state index in [1.165, 1.54) is 0 Å². The molecule has 116 valence electrons. The zero-order chi connectivity index (χ0) is 15.9. The van der Waals surface area contributed by atoms with Gasteiger partial charge in [-0.15, -0.1) is 0 Å². The Hall–Kier alpha value is -2.07. The van der Waals surface area contributed by atoms with Gasteiger partial charge in [-0.3, -0.25) is 4.79 Å². The van der Waals surface area contributed by atoms with E-state index in [9.17, 15) is 4.79 Å². The van der Waals surface area contributed by atoms with Gasteiger partial charge in [0.1, 0.15) is 5.82 Å².